The zero-order chi connectivity index (χ0) is 15.1. The number of likely N-dealkylation sites (tertiary alicyclic amines) is 1. The molecule has 1 saturated carbocycles. The number of imidazole rings is 1. The predicted octanol–water partition coefficient (Wildman–Crippen LogP) is 3.31. The summed E-state index contributed by atoms with van der Waals surface area (Å²) in [7, 11) is 0. The third-order valence-electron chi connectivity index (χ3n) is 5.32. The number of rotatable bonds is 2. The lowest BCUT2D eigenvalue weighted by molar-refractivity contribution is -0.134. The van der Waals surface area contributed by atoms with Gasteiger partial charge in [-0.3, -0.25) is 4.79 Å². The highest BCUT2D eigenvalue weighted by molar-refractivity contribution is 5.80. The number of hydrogen-bond acceptors (Lipinski definition) is 2. The third-order valence-corrected chi connectivity index (χ3v) is 5.32. The first-order valence-electron chi connectivity index (χ1n) is 8.46. The zero-order valence-corrected chi connectivity index (χ0v) is 13.2. The number of fused-ring (bicyclic) bond motifs is 1. The van der Waals surface area contributed by atoms with E-state index in [-0.39, 0.29) is 0 Å². The molecular weight excluding hydrogens is 274 g/mol. The summed E-state index contributed by atoms with van der Waals surface area (Å²) in [5.74, 6) is 1.74. The highest BCUT2D eigenvalue weighted by Crippen LogP contribution is 2.32. The van der Waals surface area contributed by atoms with Crippen molar-refractivity contribution in [2.24, 2.45) is 5.92 Å². The van der Waals surface area contributed by atoms with Gasteiger partial charge in [-0.05, 0) is 38.3 Å². The molecule has 4 nitrogen and oxygen atoms in total. The Labute approximate surface area is 131 Å². The maximum absolute atomic E-state index is 12.6. The Bertz CT molecular complexity index is 699. The van der Waals surface area contributed by atoms with Gasteiger partial charge in [0.25, 0.3) is 0 Å². The van der Waals surface area contributed by atoms with Crippen molar-refractivity contribution in [3.63, 3.8) is 0 Å². The molecule has 1 atom stereocenters. The Morgan fingerprint density at radius 1 is 1.18 bits per heavy atom. The standard InChI is InChI=1S/C18H23N3O/c1-13-19-16-8-4-5-9-17(16)21(13)15-10-11-20(12-15)18(22)14-6-2-3-7-14/h4-5,8-9,14-15H,2-3,6-7,10-12H2,1H3/t15-/m1/s1. The van der Waals surface area contributed by atoms with Crippen LogP contribution in [-0.4, -0.2) is 33.4 Å². The van der Waals surface area contributed by atoms with E-state index in [1.807, 2.05) is 6.07 Å². The molecule has 0 spiro atoms. The fraction of sp³-hybridized carbons (Fsp3) is 0.556. The van der Waals surface area contributed by atoms with Crippen LogP contribution in [0.1, 0.15) is 44.0 Å². The first-order chi connectivity index (χ1) is 10.7. The van der Waals surface area contributed by atoms with Crippen molar-refractivity contribution >= 4 is 16.9 Å². The van der Waals surface area contributed by atoms with Crippen molar-refractivity contribution in [1.82, 2.24) is 14.5 Å². The van der Waals surface area contributed by atoms with Gasteiger partial charge in [0, 0.05) is 19.0 Å². The molecule has 1 saturated heterocycles. The maximum atomic E-state index is 12.6. The van der Waals surface area contributed by atoms with Crippen LogP contribution in [0.5, 0.6) is 0 Å². The second-order valence-electron chi connectivity index (χ2n) is 6.73. The molecule has 2 aliphatic rings. The SMILES string of the molecule is Cc1nc2ccccc2n1[C@@H]1CCN(C(=O)C2CCCC2)C1. The van der Waals surface area contributed by atoms with Gasteiger partial charge in [-0.2, -0.15) is 0 Å². The smallest absolute Gasteiger partial charge is 0.225 e. The molecule has 1 aromatic heterocycles. The monoisotopic (exact) mass is 297 g/mol. The minimum Gasteiger partial charge on any atom is -0.340 e. The molecule has 1 aliphatic heterocycles. The molecule has 4 heteroatoms. The molecule has 4 rings (SSSR count). The van der Waals surface area contributed by atoms with Gasteiger partial charge < -0.3 is 9.47 Å². The number of carbonyl (C=O) groups is 1. The van der Waals surface area contributed by atoms with Gasteiger partial charge >= 0.3 is 0 Å². The largest absolute Gasteiger partial charge is 0.340 e. The van der Waals surface area contributed by atoms with Gasteiger partial charge in [-0.15, -0.1) is 0 Å². The predicted molar refractivity (Wildman–Crippen MR) is 86.7 cm³/mol. The van der Waals surface area contributed by atoms with Gasteiger partial charge in [0.15, 0.2) is 0 Å². The molecule has 0 N–H and O–H groups in total. The lowest BCUT2D eigenvalue weighted by Crippen LogP contribution is -2.33. The summed E-state index contributed by atoms with van der Waals surface area (Å²) in [6.45, 7) is 3.81. The number of para-hydroxylation sites is 2. The van der Waals surface area contributed by atoms with E-state index >= 15 is 0 Å². The van der Waals surface area contributed by atoms with Crippen molar-refractivity contribution in [2.75, 3.05) is 13.1 Å². The quantitative estimate of drug-likeness (QED) is 0.853. The topological polar surface area (TPSA) is 38.1 Å². The molecule has 2 aromatic rings. The minimum absolute atomic E-state index is 0.291. The van der Waals surface area contributed by atoms with Crippen molar-refractivity contribution in [3.05, 3.63) is 30.1 Å². The molecule has 0 unspecified atom stereocenters. The van der Waals surface area contributed by atoms with Crippen LogP contribution >= 0.6 is 0 Å². The molecule has 0 bridgehead atoms. The van der Waals surface area contributed by atoms with Gasteiger partial charge in [0.1, 0.15) is 5.82 Å². The first-order valence-corrected chi connectivity index (χ1v) is 8.46. The summed E-state index contributed by atoms with van der Waals surface area (Å²) >= 11 is 0. The Morgan fingerprint density at radius 2 is 1.95 bits per heavy atom. The third kappa shape index (κ3) is 2.21. The fourth-order valence-electron chi connectivity index (χ4n) is 4.21. The average molecular weight is 297 g/mol. The van der Waals surface area contributed by atoms with Crippen LogP contribution < -0.4 is 0 Å². The van der Waals surface area contributed by atoms with Crippen molar-refractivity contribution in [1.29, 1.82) is 0 Å². The van der Waals surface area contributed by atoms with Crippen molar-refractivity contribution in [2.45, 2.75) is 45.1 Å². The van der Waals surface area contributed by atoms with Crippen LogP contribution in [-0.2, 0) is 4.79 Å². The second-order valence-corrected chi connectivity index (χ2v) is 6.73. The van der Waals surface area contributed by atoms with E-state index in [1.54, 1.807) is 0 Å². The van der Waals surface area contributed by atoms with Crippen LogP contribution in [0.25, 0.3) is 11.0 Å². The highest BCUT2D eigenvalue weighted by atomic mass is 16.2. The summed E-state index contributed by atoms with van der Waals surface area (Å²) in [4.78, 5) is 19.4. The van der Waals surface area contributed by atoms with E-state index < -0.39 is 0 Å². The lowest BCUT2D eigenvalue weighted by Gasteiger charge is -2.21. The van der Waals surface area contributed by atoms with Crippen LogP contribution in [0.3, 0.4) is 0 Å². The number of aromatic nitrogens is 2. The molecule has 2 fully saturated rings. The summed E-state index contributed by atoms with van der Waals surface area (Å²) in [5, 5.41) is 0. The van der Waals surface area contributed by atoms with E-state index in [9.17, 15) is 4.79 Å². The van der Waals surface area contributed by atoms with Gasteiger partial charge in [-0.1, -0.05) is 25.0 Å². The van der Waals surface area contributed by atoms with E-state index in [1.165, 1.54) is 18.4 Å². The Kier molecular flexibility index (Phi) is 3.40. The Hall–Kier alpha value is -1.84. The number of amides is 1. The van der Waals surface area contributed by atoms with Gasteiger partial charge in [0.2, 0.25) is 5.91 Å². The molecule has 2 heterocycles. The first kappa shape index (κ1) is 13.8. The Morgan fingerprint density at radius 3 is 2.77 bits per heavy atom. The van der Waals surface area contributed by atoms with Crippen LogP contribution in [0.15, 0.2) is 24.3 Å². The molecular formula is C18H23N3O. The number of benzene rings is 1. The summed E-state index contributed by atoms with van der Waals surface area (Å²) < 4.78 is 2.33. The molecule has 116 valence electrons. The maximum Gasteiger partial charge on any atom is 0.225 e. The lowest BCUT2D eigenvalue weighted by atomic mass is 10.1. The average Bonchev–Trinajstić information content (AvgIpc) is 3.25. The van der Waals surface area contributed by atoms with E-state index in [0.717, 1.165) is 43.7 Å². The zero-order valence-electron chi connectivity index (χ0n) is 13.2. The highest BCUT2D eigenvalue weighted by Gasteiger charge is 2.33. The normalized spacial score (nSPS) is 22.8. The summed E-state index contributed by atoms with van der Waals surface area (Å²) in [6.07, 6.45) is 5.66. The summed E-state index contributed by atoms with van der Waals surface area (Å²) in [6, 6.07) is 8.67. The van der Waals surface area contributed by atoms with Gasteiger partial charge in [0.05, 0.1) is 17.1 Å². The van der Waals surface area contributed by atoms with E-state index in [2.05, 4.69) is 39.6 Å². The number of aryl methyl sites for hydroxylation is 1. The van der Waals surface area contributed by atoms with E-state index in [4.69, 9.17) is 0 Å². The van der Waals surface area contributed by atoms with Crippen LogP contribution in [0, 0.1) is 12.8 Å². The number of nitrogens with zero attached hydrogens (tertiary/aromatic N) is 3. The van der Waals surface area contributed by atoms with Crippen molar-refractivity contribution < 1.29 is 4.79 Å². The molecule has 1 aliphatic carbocycles. The van der Waals surface area contributed by atoms with E-state index in [0.29, 0.717) is 17.9 Å². The molecule has 1 aromatic carbocycles. The van der Waals surface area contributed by atoms with Crippen LogP contribution in [0.4, 0.5) is 0 Å². The Balaban J connectivity index is 1.56. The minimum atomic E-state index is 0.291. The number of hydrogen-bond donors (Lipinski definition) is 0. The fourth-order valence-corrected chi connectivity index (χ4v) is 4.21. The van der Waals surface area contributed by atoms with Crippen LogP contribution in [0.2, 0.25) is 0 Å². The summed E-state index contributed by atoms with van der Waals surface area (Å²) in [5.41, 5.74) is 2.25. The molecule has 1 amide bonds. The van der Waals surface area contributed by atoms with Crippen molar-refractivity contribution in [3.8, 4) is 0 Å². The van der Waals surface area contributed by atoms with Gasteiger partial charge in [-0.25, -0.2) is 4.98 Å². The number of carbonyl (C=O) groups excluding carboxylic acids is 1. The second kappa shape index (κ2) is 5.41. The molecule has 22 heavy (non-hydrogen) atoms. The molecule has 0 radical (unpaired) electrons.